The number of urea groups is 1. The number of amides is 2. The van der Waals surface area contributed by atoms with Crippen LogP contribution in [0.3, 0.4) is 0 Å². The summed E-state index contributed by atoms with van der Waals surface area (Å²) in [5, 5.41) is 17.7. The van der Waals surface area contributed by atoms with Crippen LogP contribution in [0.25, 0.3) is 0 Å². The largest absolute Gasteiger partial charge is 0.480 e. The maximum atomic E-state index is 12.0. The Morgan fingerprint density at radius 3 is 2.72 bits per heavy atom. The fraction of sp³-hybridized carbons (Fsp3) is 0.818. The van der Waals surface area contributed by atoms with E-state index in [1.807, 2.05) is 0 Å². The zero-order valence-corrected chi connectivity index (χ0v) is 11.4. The van der Waals surface area contributed by atoms with Gasteiger partial charge in [-0.05, 0) is 19.3 Å². The fourth-order valence-electron chi connectivity index (χ4n) is 1.79. The van der Waals surface area contributed by atoms with E-state index < -0.39 is 12.0 Å². The van der Waals surface area contributed by atoms with Crippen LogP contribution in [0.5, 0.6) is 0 Å². The van der Waals surface area contributed by atoms with E-state index in [4.69, 9.17) is 10.2 Å². The number of thioether (sulfide) groups is 1. The lowest BCUT2D eigenvalue weighted by Crippen LogP contribution is -2.47. The number of hydrogen-bond donors (Lipinski definition) is 2. The molecule has 1 saturated heterocycles. The number of nitrogens with zero attached hydrogens (tertiary/aromatic N) is 2. The molecule has 0 spiro atoms. The van der Waals surface area contributed by atoms with Crippen molar-refractivity contribution in [1.29, 1.82) is 0 Å². The Balaban J connectivity index is 2.40. The van der Waals surface area contributed by atoms with Gasteiger partial charge in [-0.2, -0.15) is 0 Å². The standard InChI is InChI=1S/C11H20N2O4S/c1-12(5-3-2-4-6-14)11(17)13-8-18-7-9(13)10(15)16/h9,14H,2-8H2,1H3,(H,15,16)/t9-/m0/s1. The van der Waals surface area contributed by atoms with Crippen LogP contribution in [0, 0.1) is 0 Å². The summed E-state index contributed by atoms with van der Waals surface area (Å²) >= 11 is 1.46. The van der Waals surface area contributed by atoms with Crippen molar-refractivity contribution in [3.05, 3.63) is 0 Å². The first-order chi connectivity index (χ1) is 8.57. The second-order valence-corrected chi connectivity index (χ2v) is 5.31. The number of carbonyl (C=O) groups excluding carboxylic acids is 1. The molecule has 6 nitrogen and oxygen atoms in total. The minimum atomic E-state index is -0.943. The van der Waals surface area contributed by atoms with Crippen LogP contribution in [0.1, 0.15) is 19.3 Å². The number of carbonyl (C=O) groups is 2. The first-order valence-electron chi connectivity index (χ1n) is 6.01. The van der Waals surface area contributed by atoms with Crippen molar-refractivity contribution in [1.82, 2.24) is 9.80 Å². The number of rotatable bonds is 6. The highest BCUT2D eigenvalue weighted by Gasteiger charge is 2.35. The van der Waals surface area contributed by atoms with Gasteiger partial charge in [0.1, 0.15) is 6.04 Å². The first kappa shape index (κ1) is 15.1. The minimum Gasteiger partial charge on any atom is -0.480 e. The van der Waals surface area contributed by atoms with Crippen molar-refractivity contribution in [3.8, 4) is 0 Å². The molecule has 0 aromatic heterocycles. The van der Waals surface area contributed by atoms with E-state index in [0.29, 0.717) is 18.2 Å². The second-order valence-electron chi connectivity index (χ2n) is 4.31. The first-order valence-corrected chi connectivity index (χ1v) is 7.16. The molecule has 0 aromatic rings. The van der Waals surface area contributed by atoms with Gasteiger partial charge in [-0.25, -0.2) is 9.59 Å². The third kappa shape index (κ3) is 4.06. The predicted molar refractivity (Wildman–Crippen MR) is 69.6 cm³/mol. The zero-order chi connectivity index (χ0) is 13.5. The molecule has 1 heterocycles. The van der Waals surface area contributed by atoms with Crippen LogP contribution < -0.4 is 0 Å². The molecule has 0 saturated carbocycles. The summed E-state index contributed by atoms with van der Waals surface area (Å²) in [5.74, 6) is -0.0436. The number of unbranched alkanes of at least 4 members (excludes halogenated alkanes) is 2. The Bertz CT molecular complexity index is 301. The predicted octanol–water partition coefficient (Wildman–Crippen LogP) is 0.660. The van der Waals surface area contributed by atoms with Crippen molar-refractivity contribution in [3.63, 3.8) is 0 Å². The molecule has 18 heavy (non-hydrogen) atoms. The smallest absolute Gasteiger partial charge is 0.327 e. The second kappa shape index (κ2) is 7.48. The maximum Gasteiger partial charge on any atom is 0.327 e. The third-order valence-electron chi connectivity index (χ3n) is 2.89. The van der Waals surface area contributed by atoms with Gasteiger partial charge >= 0.3 is 12.0 Å². The van der Waals surface area contributed by atoms with Gasteiger partial charge in [0.2, 0.25) is 0 Å². The summed E-state index contributed by atoms with van der Waals surface area (Å²) in [6, 6.07) is -0.932. The van der Waals surface area contributed by atoms with Crippen LogP contribution in [0.4, 0.5) is 4.79 Å². The Morgan fingerprint density at radius 1 is 1.39 bits per heavy atom. The molecular weight excluding hydrogens is 256 g/mol. The maximum absolute atomic E-state index is 12.0. The monoisotopic (exact) mass is 276 g/mol. The topological polar surface area (TPSA) is 81.1 Å². The molecule has 1 atom stereocenters. The van der Waals surface area contributed by atoms with Crippen LogP contribution >= 0.6 is 11.8 Å². The van der Waals surface area contributed by atoms with E-state index in [1.54, 1.807) is 11.9 Å². The molecule has 1 aliphatic heterocycles. The highest BCUT2D eigenvalue weighted by Crippen LogP contribution is 2.22. The molecule has 0 unspecified atom stereocenters. The molecule has 2 amide bonds. The molecule has 1 aliphatic rings. The van der Waals surface area contributed by atoms with Crippen LogP contribution in [-0.2, 0) is 4.79 Å². The van der Waals surface area contributed by atoms with Gasteiger partial charge in [0.05, 0.1) is 5.88 Å². The van der Waals surface area contributed by atoms with E-state index in [1.165, 1.54) is 16.7 Å². The Hall–Kier alpha value is -0.950. The summed E-state index contributed by atoms with van der Waals surface area (Å²) < 4.78 is 0. The Morgan fingerprint density at radius 2 is 2.11 bits per heavy atom. The van der Waals surface area contributed by atoms with Gasteiger partial charge in [-0.3, -0.25) is 0 Å². The summed E-state index contributed by atoms with van der Waals surface area (Å²) in [5.41, 5.74) is 0. The van der Waals surface area contributed by atoms with Crippen LogP contribution in [0.2, 0.25) is 0 Å². The molecule has 0 aliphatic carbocycles. The lowest BCUT2D eigenvalue weighted by molar-refractivity contribution is -0.140. The molecule has 1 fully saturated rings. The highest BCUT2D eigenvalue weighted by atomic mass is 32.2. The summed E-state index contributed by atoms with van der Waals surface area (Å²) in [7, 11) is 1.68. The van der Waals surface area contributed by atoms with Crippen molar-refractivity contribution in [2.24, 2.45) is 0 Å². The van der Waals surface area contributed by atoms with Crippen molar-refractivity contribution in [2.75, 3.05) is 31.8 Å². The highest BCUT2D eigenvalue weighted by molar-refractivity contribution is 7.99. The van der Waals surface area contributed by atoms with Gasteiger partial charge in [-0.1, -0.05) is 0 Å². The van der Waals surface area contributed by atoms with Gasteiger partial charge < -0.3 is 20.0 Å². The van der Waals surface area contributed by atoms with Crippen LogP contribution in [0.15, 0.2) is 0 Å². The fourth-order valence-corrected chi connectivity index (χ4v) is 2.93. The molecule has 0 bridgehead atoms. The SMILES string of the molecule is CN(CCCCCO)C(=O)N1CSC[C@H]1C(=O)O. The van der Waals surface area contributed by atoms with Gasteiger partial charge in [0, 0.05) is 26.0 Å². The average molecular weight is 276 g/mol. The molecule has 104 valence electrons. The molecule has 7 heteroatoms. The van der Waals surface area contributed by atoms with Crippen LogP contribution in [-0.4, -0.2) is 69.9 Å². The number of hydrogen-bond acceptors (Lipinski definition) is 4. The van der Waals surface area contributed by atoms with Crippen molar-refractivity contribution >= 4 is 23.8 Å². The lowest BCUT2D eigenvalue weighted by atomic mass is 10.2. The van der Waals surface area contributed by atoms with Gasteiger partial charge in [0.15, 0.2) is 0 Å². The summed E-state index contributed by atoms with van der Waals surface area (Å²) in [6.07, 6.45) is 2.42. The number of aliphatic carboxylic acids is 1. The quantitative estimate of drug-likeness (QED) is 0.697. The third-order valence-corrected chi connectivity index (χ3v) is 3.90. The molecule has 2 N–H and O–H groups in total. The number of carboxylic acid groups (broad SMARTS) is 1. The Labute approximate surface area is 111 Å². The van der Waals surface area contributed by atoms with Gasteiger partial charge in [0.25, 0.3) is 0 Å². The van der Waals surface area contributed by atoms with E-state index in [0.717, 1.165) is 19.3 Å². The molecule has 0 aromatic carbocycles. The van der Waals surface area contributed by atoms with Gasteiger partial charge in [-0.15, -0.1) is 11.8 Å². The van der Waals surface area contributed by atoms with E-state index in [-0.39, 0.29) is 12.6 Å². The zero-order valence-electron chi connectivity index (χ0n) is 10.5. The number of aliphatic hydroxyl groups is 1. The van der Waals surface area contributed by atoms with E-state index in [9.17, 15) is 9.59 Å². The average Bonchev–Trinajstić information content (AvgIpc) is 2.82. The molecule has 0 radical (unpaired) electrons. The lowest BCUT2D eigenvalue weighted by Gasteiger charge is -2.26. The van der Waals surface area contributed by atoms with Crippen molar-refractivity contribution < 1.29 is 19.8 Å². The normalized spacial score (nSPS) is 19.0. The Kier molecular flexibility index (Phi) is 6.28. The summed E-state index contributed by atoms with van der Waals surface area (Å²) in [4.78, 5) is 26.0. The number of aliphatic hydroxyl groups excluding tert-OH is 1. The molecular formula is C11H20N2O4S. The van der Waals surface area contributed by atoms with Crippen molar-refractivity contribution in [2.45, 2.75) is 25.3 Å². The minimum absolute atomic E-state index is 0.168. The number of carboxylic acids is 1. The summed E-state index contributed by atoms with van der Waals surface area (Å²) in [6.45, 7) is 0.758. The molecule has 1 rings (SSSR count). The van der Waals surface area contributed by atoms with E-state index >= 15 is 0 Å². The van der Waals surface area contributed by atoms with E-state index in [2.05, 4.69) is 0 Å².